The highest BCUT2D eigenvalue weighted by Gasteiger charge is 2.18. The van der Waals surface area contributed by atoms with Crippen molar-refractivity contribution in [3.05, 3.63) is 17.5 Å². The molecule has 0 saturated carbocycles. The Hall–Kier alpha value is -0.830. The van der Waals surface area contributed by atoms with Gasteiger partial charge in [0.05, 0.1) is 11.4 Å². The maximum Gasteiger partial charge on any atom is 0.0625 e. The van der Waals surface area contributed by atoms with Gasteiger partial charge in [0.2, 0.25) is 0 Å². The second kappa shape index (κ2) is 2.90. The number of aryl methyl sites for hydroxylation is 2. The predicted molar refractivity (Wildman–Crippen MR) is 47.8 cm³/mol. The monoisotopic (exact) mass is 165 g/mol. The van der Waals surface area contributed by atoms with Gasteiger partial charge >= 0.3 is 0 Å². The van der Waals surface area contributed by atoms with Crippen LogP contribution in [-0.2, 0) is 13.0 Å². The van der Waals surface area contributed by atoms with E-state index in [0.29, 0.717) is 0 Å². The topological polar surface area (TPSA) is 43.8 Å². The van der Waals surface area contributed by atoms with Crippen LogP contribution >= 0.6 is 0 Å². The van der Waals surface area contributed by atoms with Crippen molar-refractivity contribution in [2.75, 3.05) is 0 Å². The van der Waals surface area contributed by atoms with Gasteiger partial charge in [-0.2, -0.15) is 5.10 Å². The van der Waals surface area contributed by atoms with Gasteiger partial charge in [0.1, 0.15) is 0 Å². The van der Waals surface area contributed by atoms with Gasteiger partial charge in [0, 0.05) is 12.6 Å². The first-order chi connectivity index (χ1) is 5.81. The number of fused-ring (bicyclic) bond motifs is 1. The van der Waals surface area contributed by atoms with Crippen LogP contribution in [0.25, 0.3) is 0 Å². The number of hydrogen-bond acceptors (Lipinski definition) is 2. The largest absolute Gasteiger partial charge is 0.323 e. The minimum Gasteiger partial charge on any atom is -0.323 e. The molecule has 0 bridgehead atoms. The lowest BCUT2D eigenvalue weighted by Gasteiger charge is -2.19. The molecule has 1 aromatic rings. The fourth-order valence-electron chi connectivity index (χ4n) is 1.75. The Labute approximate surface area is 72.6 Å². The maximum atomic E-state index is 5.95. The molecule has 12 heavy (non-hydrogen) atoms. The first-order valence-corrected chi connectivity index (χ1v) is 4.63. The summed E-state index contributed by atoms with van der Waals surface area (Å²) < 4.78 is 2.06. The first-order valence-electron chi connectivity index (χ1n) is 4.63. The van der Waals surface area contributed by atoms with Crippen LogP contribution < -0.4 is 5.73 Å². The third kappa shape index (κ3) is 1.14. The van der Waals surface area contributed by atoms with Crippen molar-refractivity contribution in [3.8, 4) is 0 Å². The average Bonchev–Trinajstić information content (AvgIpc) is 2.49. The van der Waals surface area contributed by atoms with E-state index in [0.717, 1.165) is 19.4 Å². The van der Waals surface area contributed by atoms with Gasteiger partial charge in [-0.3, -0.25) is 4.68 Å². The molecule has 2 rings (SSSR count). The van der Waals surface area contributed by atoms with Crippen molar-refractivity contribution in [2.45, 2.75) is 38.8 Å². The minimum atomic E-state index is 0.214. The molecule has 1 atom stereocenters. The molecular weight excluding hydrogens is 150 g/mol. The molecule has 0 saturated heterocycles. The van der Waals surface area contributed by atoms with Crippen molar-refractivity contribution < 1.29 is 0 Å². The van der Waals surface area contributed by atoms with Crippen molar-refractivity contribution >= 4 is 0 Å². The Balaban J connectivity index is 2.37. The Morgan fingerprint density at radius 2 is 2.58 bits per heavy atom. The van der Waals surface area contributed by atoms with Gasteiger partial charge < -0.3 is 5.73 Å². The molecule has 66 valence electrons. The van der Waals surface area contributed by atoms with Crippen LogP contribution in [0.15, 0.2) is 6.07 Å². The molecule has 1 unspecified atom stereocenters. The lowest BCUT2D eigenvalue weighted by Crippen LogP contribution is -2.21. The first kappa shape index (κ1) is 7.80. The number of hydrogen-bond donors (Lipinski definition) is 1. The van der Waals surface area contributed by atoms with Crippen LogP contribution in [0, 0.1) is 0 Å². The zero-order valence-electron chi connectivity index (χ0n) is 7.45. The summed E-state index contributed by atoms with van der Waals surface area (Å²) in [4.78, 5) is 0. The molecule has 1 aliphatic rings. The van der Waals surface area contributed by atoms with Gasteiger partial charge in [-0.25, -0.2) is 0 Å². The van der Waals surface area contributed by atoms with E-state index in [2.05, 4.69) is 22.8 Å². The molecule has 3 heteroatoms. The highest BCUT2D eigenvalue weighted by atomic mass is 15.3. The lowest BCUT2D eigenvalue weighted by molar-refractivity contribution is 0.429. The molecule has 0 aromatic carbocycles. The van der Waals surface area contributed by atoms with E-state index in [1.54, 1.807) is 0 Å². The van der Waals surface area contributed by atoms with Crippen molar-refractivity contribution in [3.63, 3.8) is 0 Å². The fraction of sp³-hybridized carbons (Fsp3) is 0.667. The zero-order chi connectivity index (χ0) is 8.55. The highest BCUT2D eigenvalue weighted by Crippen LogP contribution is 2.22. The van der Waals surface area contributed by atoms with Crippen molar-refractivity contribution in [1.82, 2.24) is 9.78 Å². The summed E-state index contributed by atoms with van der Waals surface area (Å²) in [6, 6.07) is 2.36. The smallest absolute Gasteiger partial charge is 0.0625 e. The fourth-order valence-corrected chi connectivity index (χ4v) is 1.75. The van der Waals surface area contributed by atoms with Gasteiger partial charge in [0.15, 0.2) is 0 Å². The summed E-state index contributed by atoms with van der Waals surface area (Å²) in [6.07, 6.45) is 3.28. The van der Waals surface area contributed by atoms with E-state index in [9.17, 15) is 0 Å². The Morgan fingerprint density at radius 1 is 1.75 bits per heavy atom. The van der Waals surface area contributed by atoms with Crippen LogP contribution in [0.5, 0.6) is 0 Å². The predicted octanol–water partition coefficient (Wildman–Crippen LogP) is 1.24. The van der Waals surface area contributed by atoms with Crippen molar-refractivity contribution in [2.24, 2.45) is 5.73 Å². The Bertz CT molecular complexity index is 277. The summed E-state index contributed by atoms with van der Waals surface area (Å²) in [7, 11) is 0. The Morgan fingerprint density at radius 3 is 3.25 bits per heavy atom. The highest BCUT2D eigenvalue weighted by molar-refractivity contribution is 5.15. The van der Waals surface area contributed by atoms with Crippen molar-refractivity contribution in [1.29, 1.82) is 0 Å². The molecule has 0 aliphatic carbocycles. The van der Waals surface area contributed by atoms with Gasteiger partial charge in [-0.05, 0) is 25.3 Å². The van der Waals surface area contributed by atoms with Gasteiger partial charge in [0.25, 0.3) is 0 Å². The summed E-state index contributed by atoms with van der Waals surface area (Å²) in [6.45, 7) is 3.17. The Kier molecular flexibility index (Phi) is 1.89. The number of rotatable bonds is 1. The lowest BCUT2D eigenvalue weighted by atomic mass is 10.1. The normalized spacial score (nSPS) is 22.3. The van der Waals surface area contributed by atoms with Gasteiger partial charge in [-0.1, -0.05) is 6.92 Å². The molecule has 3 nitrogen and oxygen atoms in total. The average molecular weight is 165 g/mol. The number of aromatic nitrogens is 2. The third-order valence-electron chi connectivity index (χ3n) is 2.49. The molecule has 2 N–H and O–H groups in total. The number of nitrogens with zero attached hydrogens (tertiary/aromatic N) is 2. The molecule has 0 spiro atoms. The minimum absolute atomic E-state index is 0.214. The molecule has 1 aliphatic heterocycles. The van der Waals surface area contributed by atoms with E-state index < -0.39 is 0 Å². The van der Waals surface area contributed by atoms with Crippen LogP contribution in [0.1, 0.15) is 37.2 Å². The van der Waals surface area contributed by atoms with E-state index >= 15 is 0 Å². The van der Waals surface area contributed by atoms with E-state index in [4.69, 9.17) is 5.73 Å². The van der Waals surface area contributed by atoms with E-state index in [1.807, 2.05) is 0 Å². The summed E-state index contributed by atoms with van der Waals surface area (Å²) in [5.74, 6) is 0. The van der Waals surface area contributed by atoms with E-state index in [-0.39, 0.29) is 6.04 Å². The van der Waals surface area contributed by atoms with Crippen LogP contribution in [0.3, 0.4) is 0 Å². The van der Waals surface area contributed by atoms with Crippen LogP contribution in [0.4, 0.5) is 0 Å². The molecule has 1 aromatic heterocycles. The SMILES string of the molecule is CCc1cc2n(n1)CCCC2N. The van der Waals surface area contributed by atoms with E-state index in [1.165, 1.54) is 17.8 Å². The molecule has 0 amide bonds. The second-order valence-corrected chi connectivity index (χ2v) is 3.39. The maximum absolute atomic E-state index is 5.95. The molecule has 0 fully saturated rings. The van der Waals surface area contributed by atoms with Gasteiger partial charge in [-0.15, -0.1) is 0 Å². The third-order valence-corrected chi connectivity index (χ3v) is 2.49. The molecule has 2 heterocycles. The zero-order valence-corrected chi connectivity index (χ0v) is 7.45. The molecular formula is C9H15N3. The molecule has 0 radical (unpaired) electrons. The standard InChI is InChI=1S/C9H15N3/c1-2-7-6-9-8(10)4-3-5-12(9)11-7/h6,8H,2-5,10H2,1H3. The number of nitrogens with two attached hydrogens (primary N) is 1. The van der Waals surface area contributed by atoms with Crippen LogP contribution in [0.2, 0.25) is 0 Å². The summed E-state index contributed by atoms with van der Waals surface area (Å²) >= 11 is 0. The second-order valence-electron chi connectivity index (χ2n) is 3.39. The van der Waals surface area contributed by atoms with Crippen LogP contribution in [-0.4, -0.2) is 9.78 Å². The quantitative estimate of drug-likeness (QED) is 0.680. The summed E-state index contributed by atoms with van der Waals surface area (Å²) in [5.41, 5.74) is 8.34. The summed E-state index contributed by atoms with van der Waals surface area (Å²) in [5, 5.41) is 4.46.